The van der Waals surface area contributed by atoms with Crippen molar-refractivity contribution >= 4 is 10.0 Å². The molecule has 14 heteroatoms. The van der Waals surface area contributed by atoms with Crippen molar-refractivity contribution in [2.75, 3.05) is 100 Å². The minimum absolute atomic E-state index is 0.343. The maximum atomic E-state index is 10.3. The first-order chi connectivity index (χ1) is 23.1. The van der Waals surface area contributed by atoms with Crippen molar-refractivity contribution in [3.05, 3.63) is 66.7 Å². The average molecular weight is 698 g/mol. The summed E-state index contributed by atoms with van der Waals surface area (Å²) in [4.78, 5) is 14.4. The summed E-state index contributed by atoms with van der Waals surface area (Å²) in [5.41, 5.74) is 3.38. The fourth-order valence-electron chi connectivity index (χ4n) is 3.64. The number of nitrogens with one attached hydrogen (secondary N) is 3. The summed E-state index contributed by atoms with van der Waals surface area (Å²) in [6.07, 6.45) is 16.3. The zero-order chi connectivity index (χ0) is 35.7. The number of ether oxygens (including phenoxy) is 4. The van der Waals surface area contributed by atoms with E-state index in [4.69, 9.17) is 14.2 Å². The minimum Gasteiger partial charge on any atom is -0.386 e. The van der Waals surface area contributed by atoms with Crippen LogP contribution in [0.3, 0.4) is 0 Å². The Morgan fingerprint density at radius 3 is 2.15 bits per heavy atom. The van der Waals surface area contributed by atoms with Crippen molar-refractivity contribution in [2.24, 2.45) is 5.92 Å². The fourth-order valence-corrected chi connectivity index (χ4v) is 4.09. The Labute approximate surface area is 290 Å². The molecule has 0 amide bonds. The van der Waals surface area contributed by atoms with Gasteiger partial charge in [-0.15, -0.1) is 0 Å². The largest absolute Gasteiger partial charge is 0.386 e. The molecule has 4 rings (SSSR count). The number of piperazine rings is 1. The Hall–Kier alpha value is -2.56. The molecule has 13 nitrogen and oxygen atoms in total. The summed E-state index contributed by atoms with van der Waals surface area (Å²) in [7, 11) is 3.65. The van der Waals surface area contributed by atoms with E-state index in [9.17, 15) is 8.42 Å². The number of methoxy groups -OCH3 is 4. The van der Waals surface area contributed by atoms with Gasteiger partial charge in [0.1, 0.15) is 0 Å². The highest BCUT2D eigenvalue weighted by Crippen LogP contribution is 2.26. The van der Waals surface area contributed by atoms with Crippen LogP contribution in [0.25, 0.3) is 0 Å². The van der Waals surface area contributed by atoms with Gasteiger partial charge in [0, 0.05) is 118 Å². The smallest absolute Gasteiger partial charge is 0.208 e. The molecule has 3 heterocycles. The first-order valence-electron chi connectivity index (χ1n) is 16.5. The van der Waals surface area contributed by atoms with E-state index in [-0.39, 0.29) is 0 Å². The van der Waals surface area contributed by atoms with Gasteiger partial charge in [0.2, 0.25) is 10.0 Å². The summed E-state index contributed by atoms with van der Waals surface area (Å²) < 4.78 is 42.4. The number of sulfonamides is 1. The SMILES string of the molecule is C=C1CN(CCOC)CCN1.CC1CC1.COCCCCc1cccnc1.COCCNCc1cnccn1.COCCNS(C)(=O)=O. The maximum Gasteiger partial charge on any atom is 0.208 e. The number of hydrogen-bond donors (Lipinski definition) is 3. The zero-order valence-corrected chi connectivity index (χ0v) is 31.1. The van der Waals surface area contributed by atoms with Crippen LogP contribution in [-0.4, -0.2) is 129 Å². The Balaban J connectivity index is 0.000000592. The molecule has 2 aromatic heterocycles. The van der Waals surface area contributed by atoms with Crippen LogP contribution in [-0.2, 0) is 41.9 Å². The molecule has 1 saturated carbocycles. The van der Waals surface area contributed by atoms with Crippen LogP contribution in [0.15, 0.2) is 55.4 Å². The molecule has 0 radical (unpaired) electrons. The molecule has 1 saturated heterocycles. The van der Waals surface area contributed by atoms with Crippen molar-refractivity contribution in [3.8, 4) is 0 Å². The van der Waals surface area contributed by atoms with E-state index in [0.717, 1.165) is 95.5 Å². The van der Waals surface area contributed by atoms with Crippen molar-refractivity contribution in [1.82, 2.24) is 35.2 Å². The first kappa shape index (κ1) is 45.4. The van der Waals surface area contributed by atoms with E-state index >= 15 is 0 Å². The molecule has 0 aromatic carbocycles. The minimum atomic E-state index is -3.03. The zero-order valence-electron chi connectivity index (χ0n) is 30.3. The molecule has 2 fully saturated rings. The third-order valence-electron chi connectivity index (χ3n) is 6.56. The Morgan fingerprint density at radius 1 is 0.938 bits per heavy atom. The second-order valence-electron chi connectivity index (χ2n) is 11.3. The van der Waals surface area contributed by atoms with Crippen LogP contribution in [0.1, 0.15) is 43.9 Å². The van der Waals surface area contributed by atoms with Gasteiger partial charge in [-0.1, -0.05) is 32.4 Å². The Bertz CT molecular complexity index is 1050. The lowest BCUT2D eigenvalue weighted by Gasteiger charge is -2.28. The van der Waals surface area contributed by atoms with E-state index in [1.54, 1.807) is 46.1 Å². The van der Waals surface area contributed by atoms with Crippen LogP contribution in [0.2, 0.25) is 0 Å². The number of aromatic nitrogens is 3. The van der Waals surface area contributed by atoms with E-state index in [1.165, 1.54) is 31.9 Å². The number of aryl methyl sites for hydroxylation is 1. The van der Waals surface area contributed by atoms with Crippen molar-refractivity contribution in [1.29, 1.82) is 0 Å². The monoisotopic (exact) mass is 697 g/mol. The van der Waals surface area contributed by atoms with Crippen LogP contribution in [0, 0.1) is 5.92 Å². The summed E-state index contributed by atoms with van der Waals surface area (Å²) >= 11 is 0. The van der Waals surface area contributed by atoms with Crippen molar-refractivity contribution in [3.63, 3.8) is 0 Å². The third-order valence-corrected chi connectivity index (χ3v) is 7.29. The standard InChI is InChI=1S/C10H15NO.C8H13N3O.C8H16N2O.C4H11NO3S.C4H8/c1-12-8-3-2-5-10-6-4-7-11-9-10;1-12-5-4-10-7-8-6-9-2-3-11-8;1-8-7-10(4-3-9-8)5-6-11-2;1-8-4-3-5-9(2,6)7;1-4-2-3-4/h4,6-7,9H,2-3,5,8H2,1H3;2-3,6,10H,4-5,7H2,1H3;9H,1,3-7H2,2H3;5H,3-4H2,1-2H3;4H,2-3H2,1H3. The van der Waals surface area contributed by atoms with Gasteiger partial charge in [0.15, 0.2) is 0 Å². The van der Waals surface area contributed by atoms with Crippen molar-refractivity contribution < 1.29 is 27.4 Å². The van der Waals surface area contributed by atoms with Crippen LogP contribution < -0.4 is 15.4 Å². The van der Waals surface area contributed by atoms with E-state index in [0.29, 0.717) is 13.2 Å². The first-order valence-corrected chi connectivity index (χ1v) is 18.4. The van der Waals surface area contributed by atoms with Gasteiger partial charge in [-0.25, -0.2) is 13.1 Å². The predicted octanol–water partition coefficient (Wildman–Crippen LogP) is 2.91. The van der Waals surface area contributed by atoms with Crippen LogP contribution in [0.5, 0.6) is 0 Å². The number of unbranched alkanes of at least 4 members (excludes halogenated alkanes) is 1. The topological polar surface area (TPSA) is 149 Å². The number of rotatable bonds is 17. The molecule has 276 valence electrons. The molecule has 0 spiro atoms. The predicted molar refractivity (Wildman–Crippen MR) is 193 cm³/mol. The normalized spacial score (nSPS) is 14.0. The quantitative estimate of drug-likeness (QED) is 0.209. The van der Waals surface area contributed by atoms with Gasteiger partial charge in [-0.3, -0.25) is 19.9 Å². The molecule has 3 N–H and O–H groups in total. The lowest BCUT2D eigenvalue weighted by Crippen LogP contribution is -2.42. The van der Waals surface area contributed by atoms with E-state index < -0.39 is 10.0 Å². The highest BCUT2D eigenvalue weighted by atomic mass is 32.2. The van der Waals surface area contributed by atoms with Gasteiger partial charge >= 0.3 is 0 Å². The Kier molecular flexibility index (Phi) is 30.0. The van der Waals surface area contributed by atoms with Gasteiger partial charge < -0.3 is 29.6 Å². The molecular weight excluding hydrogens is 634 g/mol. The number of nitrogens with zero attached hydrogens (tertiary/aromatic N) is 4. The highest BCUT2D eigenvalue weighted by molar-refractivity contribution is 7.88. The number of pyridine rings is 1. The Morgan fingerprint density at radius 2 is 1.60 bits per heavy atom. The second-order valence-corrected chi connectivity index (χ2v) is 13.2. The molecule has 0 bridgehead atoms. The van der Waals surface area contributed by atoms with E-state index in [1.807, 2.05) is 12.3 Å². The van der Waals surface area contributed by atoms with Gasteiger partial charge in [-0.2, -0.15) is 0 Å². The van der Waals surface area contributed by atoms with Gasteiger partial charge in [0.25, 0.3) is 0 Å². The summed E-state index contributed by atoms with van der Waals surface area (Å²) in [6, 6.07) is 4.09. The lowest BCUT2D eigenvalue weighted by molar-refractivity contribution is 0.147. The molecule has 2 aliphatic rings. The highest BCUT2D eigenvalue weighted by Gasteiger charge is 2.12. The summed E-state index contributed by atoms with van der Waals surface area (Å²) in [5.74, 6) is 1.08. The molecule has 1 aliphatic heterocycles. The van der Waals surface area contributed by atoms with Crippen molar-refractivity contribution in [2.45, 2.75) is 45.6 Å². The third kappa shape index (κ3) is 33.3. The lowest BCUT2D eigenvalue weighted by atomic mass is 10.1. The summed E-state index contributed by atoms with van der Waals surface area (Å²) in [6.45, 7) is 15.0. The second kappa shape index (κ2) is 31.7. The van der Waals surface area contributed by atoms with Crippen LogP contribution in [0.4, 0.5) is 0 Å². The average Bonchev–Trinajstić information content (AvgIpc) is 3.88. The van der Waals surface area contributed by atoms with E-state index in [2.05, 4.69) is 59.5 Å². The molecular formula is C34H63N7O6S. The molecule has 1 aliphatic carbocycles. The van der Waals surface area contributed by atoms with Crippen LogP contribution >= 0.6 is 0 Å². The molecule has 2 aromatic rings. The molecule has 0 unspecified atom stereocenters. The fraction of sp³-hybridized carbons (Fsp3) is 0.676. The van der Waals surface area contributed by atoms with Gasteiger partial charge in [-0.05, 0) is 36.8 Å². The summed E-state index contributed by atoms with van der Waals surface area (Å²) in [5, 5.41) is 6.39. The maximum absolute atomic E-state index is 10.3. The van der Waals surface area contributed by atoms with Gasteiger partial charge in [0.05, 0.1) is 31.8 Å². The molecule has 0 atom stereocenters. The molecule has 48 heavy (non-hydrogen) atoms. The number of hydrogen-bond acceptors (Lipinski definition) is 12.